The van der Waals surface area contributed by atoms with E-state index in [4.69, 9.17) is 0 Å². The van der Waals surface area contributed by atoms with Crippen LogP contribution in [0.2, 0.25) is 0 Å². The molecule has 1 aromatic rings. The van der Waals surface area contributed by atoms with Crippen LogP contribution in [0.3, 0.4) is 0 Å². The molecule has 3 aliphatic rings. The van der Waals surface area contributed by atoms with Gasteiger partial charge in [-0.25, -0.2) is 0 Å². The molecule has 25 heavy (non-hydrogen) atoms. The highest BCUT2D eigenvalue weighted by Crippen LogP contribution is 2.38. The van der Waals surface area contributed by atoms with Gasteiger partial charge in [-0.3, -0.25) is 14.5 Å². The van der Waals surface area contributed by atoms with Crippen LogP contribution < -0.4 is 0 Å². The first-order valence-corrected chi connectivity index (χ1v) is 9.18. The first-order chi connectivity index (χ1) is 12.1. The van der Waals surface area contributed by atoms with Gasteiger partial charge < -0.3 is 10.0 Å². The van der Waals surface area contributed by atoms with Gasteiger partial charge >= 0.3 is 5.97 Å². The van der Waals surface area contributed by atoms with Crippen LogP contribution in [0, 0.1) is 0 Å². The van der Waals surface area contributed by atoms with Gasteiger partial charge in [-0.05, 0) is 43.2 Å². The monoisotopic (exact) mass is 340 g/mol. The SMILES string of the molecule is O=C(O)C1CCC(C(=O)N2CCC=C(c3ccccc3)C2)N1C1CC1. The minimum absolute atomic E-state index is 0.109. The van der Waals surface area contributed by atoms with Crippen molar-refractivity contribution >= 4 is 17.4 Å². The molecule has 2 aliphatic heterocycles. The van der Waals surface area contributed by atoms with Gasteiger partial charge in [0.1, 0.15) is 6.04 Å². The summed E-state index contributed by atoms with van der Waals surface area (Å²) in [5.41, 5.74) is 2.35. The first-order valence-electron chi connectivity index (χ1n) is 9.18. The van der Waals surface area contributed by atoms with Crippen molar-refractivity contribution < 1.29 is 14.7 Å². The Morgan fingerprint density at radius 3 is 2.40 bits per heavy atom. The van der Waals surface area contributed by atoms with Crippen molar-refractivity contribution in [2.45, 2.75) is 50.2 Å². The van der Waals surface area contributed by atoms with E-state index in [0.29, 0.717) is 19.4 Å². The molecule has 2 unspecified atom stereocenters. The van der Waals surface area contributed by atoms with Crippen molar-refractivity contribution in [1.29, 1.82) is 0 Å². The highest BCUT2D eigenvalue weighted by atomic mass is 16.4. The van der Waals surface area contributed by atoms with E-state index in [0.717, 1.165) is 31.4 Å². The second-order valence-electron chi connectivity index (χ2n) is 7.27. The molecule has 1 amide bonds. The molecule has 1 aromatic carbocycles. The topological polar surface area (TPSA) is 60.9 Å². The summed E-state index contributed by atoms with van der Waals surface area (Å²) in [6.07, 6.45) is 6.34. The number of aliphatic carboxylic acids is 1. The molecule has 0 aromatic heterocycles. The van der Waals surface area contributed by atoms with Crippen LogP contribution in [0.15, 0.2) is 36.4 Å². The van der Waals surface area contributed by atoms with Gasteiger partial charge in [0.05, 0.1) is 6.04 Å². The van der Waals surface area contributed by atoms with Crippen LogP contribution in [-0.4, -0.2) is 58.0 Å². The molecule has 1 aliphatic carbocycles. The van der Waals surface area contributed by atoms with E-state index in [1.165, 1.54) is 5.57 Å². The molecule has 132 valence electrons. The maximum Gasteiger partial charge on any atom is 0.320 e. The van der Waals surface area contributed by atoms with Crippen LogP contribution >= 0.6 is 0 Å². The van der Waals surface area contributed by atoms with E-state index in [-0.39, 0.29) is 18.0 Å². The molecule has 5 heteroatoms. The molecule has 2 fully saturated rings. The number of hydrogen-bond donors (Lipinski definition) is 1. The van der Waals surface area contributed by atoms with E-state index in [1.807, 2.05) is 28.0 Å². The lowest BCUT2D eigenvalue weighted by atomic mass is 10.0. The molecular weight excluding hydrogens is 316 g/mol. The third kappa shape index (κ3) is 3.21. The predicted molar refractivity (Wildman–Crippen MR) is 94.9 cm³/mol. The molecular formula is C20H24N2O3. The van der Waals surface area contributed by atoms with Crippen molar-refractivity contribution in [3.8, 4) is 0 Å². The molecule has 2 heterocycles. The smallest absolute Gasteiger partial charge is 0.320 e. The van der Waals surface area contributed by atoms with Gasteiger partial charge in [0.15, 0.2) is 0 Å². The van der Waals surface area contributed by atoms with Crippen LogP contribution in [0.5, 0.6) is 0 Å². The fourth-order valence-corrected chi connectivity index (χ4v) is 4.22. The Labute approximate surface area is 147 Å². The number of amides is 1. The van der Waals surface area contributed by atoms with Crippen molar-refractivity contribution in [2.24, 2.45) is 0 Å². The van der Waals surface area contributed by atoms with E-state index in [1.54, 1.807) is 0 Å². The Balaban J connectivity index is 1.49. The fourth-order valence-electron chi connectivity index (χ4n) is 4.22. The highest BCUT2D eigenvalue weighted by molar-refractivity contribution is 5.86. The molecule has 2 atom stereocenters. The molecule has 5 nitrogen and oxygen atoms in total. The second-order valence-corrected chi connectivity index (χ2v) is 7.27. The lowest BCUT2D eigenvalue weighted by Gasteiger charge is -2.34. The minimum Gasteiger partial charge on any atom is -0.480 e. The third-order valence-corrected chi connectivity index (χ3v) is 5.58. The van der Waals surface area contributed by atoms with E-state index >= 15 is 0 Å². The van der Waals surface area contributed by atoms with Crippen LogP contribution in [0.1, 0.15) is 37.7 Å². The van der Waals surface area contributed by atoms with Gasteiger partial charge in [0.25, 0.3) is 0 Å². The summed E-state index contributed by atoms with van der Waals surface area (Å²) in [5.74, 6) is -0.678. The maximum absolute atomic E-state index is 13.2. The molecule has 1 saturated heterocycles. The van der Waals surface area contributed by atoms with E-state index in [9.17, 15) is 14.7 Å². The Morgan fingerprint density at radius 1 is 1.00 bits per heavy atom. The Morgan fingerprint density at radius 2 is 1.72 bits per heavy atom. The summed E-state index contributed by atoms with van der Waals surface area (Å²) >= 11 is 0. The number of carbonyl (C=O) groups excluding carboxylic acids is 1. The predicted octanol–water partition coefficient (Wildman–Crippen LogP) is 2.38. The van der Waals surface area contributed by atoms with Crippen LogP contribution in [-0.2, 0) is 9.59 Å². The molecule has 4 rings (SSSR count). The summed E-state index contributed by atoms with van der Waals surface area (Å²) in [6, 6.07) is 9.71. The minimum atomic E-state index is -0.786. The molecule has 0 bridgehead atoms. The van der Waals surface area contributed by atoms with Gasteiger partial charge in [-0.15, -0.1) is 0 Å². The summed E-state index contributed by atoms with van der Waals surface area (Å²) in [5, 5.41) is 9.49. The van der Waals surface area contributed by atoms with Crippen molar-refractivity contribution in [3.05, 3.63) is 42.0 Å². The summed E-state index contributed by atoms with van der Waals surface area (Å²) in [4.78, 5) is 28.6. The zero-order valence-electron chi connectivity index (χ0n) is 14.3. The van der Waals surface area contributed by atoms with E-state index < -0.39 is 12.0 Å². The molecule has 0 spiro atoms. The zero-order valence-corrected chi connectivity index (χ0v) is 14.3. The first kappa shape index (κ1) is 16.3. The Hall–Kier alpha value is -2.14. The molecule has 0 radical (unpaired) electrons. The van der Waals surface area contributed by atoms with Crippen LogP contribution in [0.25, 0.3) is 5.57 Å². The number of carboxylic acids is 1. The van der Waals surface area contributed by atoms with Gasteiger partial charge in [-0.1, -0.05) is 36.4 Å². The number of rotatable bonds is 4. The summed E-state index contributed by atoms with van der Waals surface area (Å²) < 4.78 is 0. The lowest BCUT2D eigenvalue weighted by Crippen LogP contribution is -2.51. The fraction of sp³-hybridized carbons (Fsp3) is 0.500. The third-order valence-electron chi connectivity index (χ3n) is 5.58. The Bertz CT molecular complexity index is 696. The second kappa shape index (κ2) is 6.64. The number of nitrogens with zero attached hydrogens (tertiary/aromatic N) is 2. The molecule has 1 saturated carbocycles. The number of hydrogen-bond acceptors (Lipinski definition) is 3. The van der Waals surface area contributed by atoms with Gasteiger partial charge in [0, 0.05) is 19.1 Å². The summed E-state index contributed by atoms with van der Waals surface area (Å²) in [6.45, 7) is 1.34. The lowest BCUT2D eigenvalue weighted by molar-refractivity contribution is -0.145. The van der Waals surface area contributed by atoms with Crippen molar-refractivity contribution in [2.75, 3.05) is 13.1 Å². The number of carbonyl (C=O) groups is 2. The van der Waals surface area contributed by atoms with Crippen LogP contribution in [0.4, 0.5) is 0 Å². The van der Waals surface area contributed by atoms with Crippen molar-refractivity contribution in [1.82, 2.24) is 9.80 Å². The highest BCUT2D eigenvalue weighted by Gasteiger charge is 2.49. The van der Waals surface area contributed by atoms with Crippen molar-refractivity contribution in [3.63, 3.8) is 0 Å². The summed E-state index contributed by atoms with van der Waals surface area (Å²) in [7, 11) is 0. The van der Waals surface area contributed by atoms with Gasteiger partial charge in [0.2, 0.25) is 5.91 Å². The van der Waals surface area contributed by atoms with Gasteiger partial charge in [-0.2, -0.15) is 0 Å². The number of carboxylic acid groups (broad SMARTS) is 1. The maximum atomic E-state index is 13.2. The Kier molecular flexibility index (Phi) is 4.34. The molecule has 1 N–H and O–H groups in total. The number of likely N-dealkylation sites (tertiary alicyclic amines) is 1. The standard InChI is InChI=1S/C20H24N2O3/c23-19(17-10-11-18(20(24)25)22(17)16-8-9-16)21-12-4-7-15(13-21)14-5-2-1-3-6-14/h1-3,5-7,16-18H,4,8-13H2,(H,24,25). The average molecular weight is 340 g/mol. The largest absolute Gasteiger partial charge is 0.480 e. The van der Waals surface area contributed by atoms with E-state index in [2.05, 4.69) is 18.2 Å². The average Bonchev–Trinajstić information content (AvgIpc) is 3.39. The zero-order chi connectivity index (χ0) is 17.4. The quantitative estimate of drug-likeness (QED) is 0.914. The normalized spacial score (nSPS) is 27.2. The number of benzene rings is 1.